The Kier molecular flexibility index (Phi) is 4.04. The average Bonchev–Trinajstić information content (AvgIpc) is 2.85. The van der Waals surface area contributed by atoms with Crippen LogP contribution in [0.1, 0.15) is 44.4 Å². The average molecular weight is 292 g/mol. The third kappa shape index (κ3) is 2.59. The van der Waals surface area contributed by atoms with Gasteiger partial charge in [-0.1, -0.05) is 43.5 Å². The van der Waals surface area contributed by atoms with E-state index in [1.54, 1.807) is 0 Å². The molecular formula is C17H22ClNO. The number of hydrogen-bond donors (Lipinski definition) is 1. The maximum absolute atomic E-state index is 6.21. The summed E-state index contributed by atoms with van der Waals surface area (Å²) in [5.74, 6) is 2.50. The van der Waals surface area contributed by atoms with Crippen LogP contribution >= 0.6 is 11.6 Å². The van der Waals surface area contributed by atoms with Crippen molar-refractivity contribution in [2.75, 3.05) is 7.05 Å². The SMILES string of the molecule is CNC(c1cc2cccc(Cl)c2o1)C1CCCC(C)C1. The van der Waals surface area contributed by atoms with E-state index in [0.29, 0.717) is 17.0 Å². The predicted molar refractivity (Wildman–Crippen MR) is 84.1 cm³/mol. The van der Waals surface area contributed by atoms with Crippen LogP contribution in [0.2, 0.25) is 5.02 Å². The Morgan fingerprint density at radius 2 is 2.20 bits per heavy atom. The zero-order valence-electron chi connectivity index (χ0n) is 12.2. The molecule has 3 atom stereocenters. The fourth-order valence-corrected chi connectivity index (χ4v) is 3.82. The molecule has 1 aromatic carbocycles. The van der Waals surface area contributed by atoms with Crippen LogP contribution < -0.4 is 5.32 Å². The highest BCUT2D eigenvalue weighted by Gasteiger charge is 2.29. The molecule has 1 aromatic heterocycles. The van der Waals surface area contributed by atoms with E-state index in [1.165, 1.54) is 25.7 Å². The maximum Gasteiger partial charge on any atom is 0.152 e. The standard InChI is InChI=1S/C17H22ClNO/c1-11-5-3-6-12(9-11)16(19-2)15-10-13-7-4-8-14(18)17(13)20-15/h4,7-8,10-12,16,19H,3,5-6,9H2,1-2H3. The number of nitrogens with one attached hydrogen (secondary N) is 1. The smallest absolute Gasteiger partial charge is 0.152 e. The summed E-state index contributed by atoms with van der Waals surface area (Å²) in [6, 6.07) is 8.35. The van der Waals surface area contributed by atoms with Crippen molar-refractivity contribution in [3.05, 3.63) is 35.0 Å². The molecule has 1 fully saturated rings. The Hall–Kier alpha value is -0.990. The van der Waals surface area contributed by atoms with Crippen molar-refractivity contribution in [2.45, 2.75) is 38.6 Å². The summed E-state index contributed by atoms with van der Waals surface area (Å²) in [5, 5.41) is 5.24. The number of halogens is 1. The highest BCUT2D eigenvalue weighted by Crippen LogP contribution is 2.39. The van der Waals surface area contributed by atoms with Crippen molar-refractivity contribution in [2.24, 2.45) is 11.8 Å². The quantitative estimate of drug-likeness (QED) is 0.843. The zero-order valence-corrected chi connectivity index (χ0v) is 12.9. The number of fused-ring (bicyclic) bond motifs is 1. The van der Waals surface area contributed by atoms with E-state index in [9.17, 15) is 0 Å². The third-order valence-corrected chi connectivity index (χ3v) is 4.88. The molecule has 108 valence electrons. The maximum atomic E-state index is 6.21. The predicted octanol–water partition coefficient (Wildman–Crippen LogP) is 5.17. The molecular weight excluding hydrogens is 270 g/mol. The van der Waals surface area contributed by atoms with Crippen LogP contribution in [0.15, 0.2) is 28.7 Å². The minimum Gasteiger partial charge on any atom is -0.458 e. The summed E-state index contributed by atoms with van der Waals surface area (Å²) < 4.78 is 6.05. The molecule has 0 saturated heterocycles. The first-order chi connectivity index (χ1) is 9.69. The largest absolute Gasteiger partial charge is 0.458 e. The number of para-hydroxylation sites is 1. The van der Waals surface area contributed by atoms with Gasteiger partial charge >= 0.3 is 0 Å². The topological polar surface area (TPSA) is 25.2 Å². The molecule has 0 amide bonds. The van der Waals surface area contributed by atoms with Crippen LogP contribution in [-0.4, -0.2) is 7.05 Å². The van der Waals surface area contributed by atoms with Crippen LogP contribution in [0, 0.1) is 11.8 Å². The van der Waals surface area contributed by atoms with E-state index < -0.39 is 0 Å². The normalized spacial score (nSPS) is 24.9. The zero-order chi connectivity index (χ0) is 14.1. The second kappa shape index (κ2) is 5.79. The lowest BCUT2D eigenvalue weighted by atomic mass is 9.78. The molecule has 3 unspecified atom stereocenters. The van der Waals surface area contributed by atoms with Gasteiger partial charge < -0.3 is 9.73 Å². The summed E-state index contributed by atoms with van der Waals surface area (Å²) in [6.45, 7) is 2.36. The minimum absolute atomic E-state index is 0.293. The summed E-state index contributed by atoms with van der Waals surface area (Å²) in [5.41, 5.74) is 0.813. The monoisotopic (exact) mass is 291 g/mol. The van der Waals surface area contributed by atoms with E-state index in [-0.39, 0.29) is 0 Å². The molecule has 1 N–H and O–H groups in total. The van der Waals surface area contributed by atoms with Gasteiger partial charge in [0.25, 0.3) is 0 Å². The van der Waals surface area contributed by atoms with Gasteiger partial charge in [-0.3, -0.25) is 0 Å². The van der Waals surface area contributed by atoms with Gasteiger partial charge in [-0.15, -0.1) is 0 Å². The van der Waals surface area contributed by atoms with Crippen molar-refractivity contribution in [1.29, 1.82) is 0 Å². The molecule has 0 spiro atoms. The van der Waals surface area contributed by atoms with Crippen LogP contribution in [-0.2, 0) is 0 Å². The second-order valence-electron chi connectivity index (χ2n) is 6.11. The molecule has 1 heterocycles. The summed E-state index contributed by atoms with van der Waals surface area (Å²) >= 11 is 6.21. The Morgan fingerprint density at radius 1 is 1.35 bits per heavy atom. The minimum atomic E-state index is 0.293. The first kappa shape index (κ1) is 14.0. The Balaban J connectivity index is 1.92. The van der Waals surface area contributed by atoms with Gasteiger partial charge in [0.15, 0.2) is 5.58 Å². The number of hydrogen-bond acceptors (Lipinski definition) is 2. The van der Waals surface area contributed by atoms with Gasteiger partial charge in [0.2, 0.25) is 0 Å². The van der Waals surface area contributed by atoms with Crippen molar-refractivity contribution < 1.29 is 4.42 Å². The van der Waals surface area contributed by atoms with Crippen LogP contribution in [0.25, 0.3) is 11.0 Å². The number of rotatable bonds is 3. The molecule has 3 heteroatoms. The van der Waals surface area contributed by atoms with Gasteiger partial charge in [-0.25, -0.2) is 0 Å². The highest BCUT2D eigenvalue weighted by molar-refractivity contribution is 6.34. The Morgan fingerprint density at radius 3 is 2.90 bits per heavy atom. The molecule has 1 aliphatic carbocycles. The van der Waals surface area contributed by atoms with Crippen molar-refractivity contribution >= 4 is 22.6 Å². The van der Waals surface area contributed by atoms with E-state index in [2.05, 4.69) is 24.4 Å². The fourth-order valence-electron chi connectivity index (χ4n) is 3.59. The van der Waals surface area contributed by atoms with E-state index in [0.717, 1.165) is 22.6 Å². The molecule has 20 heavy (non-hydrogen) atoms. The van der Waals surface area contributed by atoms with Crippen molar-refractivity contribution in [1.82, 2.24) is 5.32 Å². The van der Waals surface area contributed by atoms with Gasteiger partial charge in [0.05, 0.1) is 11.1 Å². The molecule has 1 aliphatic rings. The van der Waals surface area contributed by atoms with E-state index in [4.69, 9.17) is 16.0 Å². The second-order valence-corrected chi connectivity index (χ2v) is 6.51. The lowest BCUT2D eigenvalue weighted by Crippen LogP contribution is -2.28. The van der Waals surface area contributed by atoms with Gasteiger partial charge in [-0.2, -0.15) is 0 Å². The third-order valence-electron chi connectivity index (χ3n) is 4.58. The van der Waals surface area contributed by atoms with Gasteiger partial charge in [-0.05, 0) is 43.9 Å². The fraction of sp³-hybridized carbons (Fsp3) is 0.529. The van der Waals surface area contributed by atoms with Crippen molar-refractivity contribution in [3.63, 3.8) is 0 Å². The molecule has 0 bridgehead atoms. The lowest BCUT2D eigenvalue weighted by molar-refractivity contribution is 0.214. The highest BCUT2D eigenvalue weighted by atomic mass is 35.5. The van der Waals surface area contributed by atoms with Gasteiger partial charge in [0.1, 0.15) is 5.76 Å². The van der Waals surface area contributed by atoms with Crippen LogP contribution in [0.3, 0.4) is 0 Å². The molecule has 2 nitrogen and oxygen atoms in total. The molecule has 1 saturated carbocycles. The molecule has 2 aromatic rings. The first-order valence-electron chi connectivity index (χ1n) is 7.54. The first-order valence-corrected chi connectivity index (χ1v) is 7.92. The van der Waals surface area contributed by atoms with Gasteiger partial charge in [0, 0.05) is 5.39 Å². The molecule has 0 radical (unpaired) electrons. The number of benzene rings is 1. The van der Waals surface area contributed by atoms with E-state index in [1.807, 2.05) is 19.2 Å². The Bertz CT molecular complexity index is 592. The Labute approximate surface area is 125 Å². The summed E-state index contributed by atoms with van der Waals surface area (Å²) in [6.07, 6.45) is 5.24. The number of furan rings is 1. The van der Waals surface area contributed by atoms with Crippen LogP contribution in [0.5, 0.6) is 0 Å². The van der Waals surface area contributed by atoms with Crippen molar-refractivity contribution in [3.8, 4) is 0 Å². The molecule has 3 rings (SSSR count). The van der Waals surface area contributed by atoms with Crippen LogP contribution in [0.4, 0.5) is 0 Å². The summed E-state index contributed by atoms with van der Waals surface area (Å²) in [4.78, 5) is 0. The summed E-state index contributed by atoms with van der Waals surface area (Å²) in [7, 11) is 2.03. The lowest BCUT2D eigenvalue weighted by Gasteiger charge is -2.32. The molecule has 0 aliphatic heterocycles. The van der Waals surface area contributed by atoms with E-state index >= 15 is 0 Å².